The van der Waals surface area contributed by atoms with Gasteiger partial charge in [-0.3, -0.25) is 9.78 Å². The van der Waals surface area contributed by atoms with Crippen molar-refractivity contribution in [2.75, 3.05) is 13.6 Å². The molecule has 1 atom stereocenters. The molecule has 0 aliphatic rings. The molecule has 0 saturated heterocycles. The van der Waals surface area contributed by atoms with Crippen LogP contribution in [0.4, 0.5) is 0 Å². The third kappa shape index (κ3) is 5.49. The average molecular weight is 393 g/mol. The van der Waals surface area contributed by atoms with E-state index in [-0.39, 0.29) is 36.8 Å². The number of fused-ring (bicyclic) bond motifs is 1. The van der Waals surface area contributed by atoms with Gasteiger partial charge in [0, 0.05) is 36.2 Å². The summed E-state index contributed by atoms with van der Waals surface area (Å²) in [4.78, 5) is 18.7. The molecule has 1 aromatic carbocycles. The first-order valence-corrected chi connectivity index (χ1v) is 7.83. The number of amides is 1. The molecule has 1 heterocycles. The highest BCUT2D eigenvalue weighted by Gasteiger charge is 2.18. The summed E-state index contributed by atoms with van der Waals surface area (Å²) < 4.78 is 0. The lowest BCUT2D eigenvalue weighted by Crippen LogP contribution is -2.34. The van der Waals surface area contributed by atoms with Gasteiger partial charge in [-0.25, -0.2) is 0 Å². The zero-order chi connectivity index (χ0) is 16.3. The van der Waals surface area contributed by atoms with Crippen LogP contribution in [0.3, 0.4) is 0 Å². The van der Waals surface area contributed by atoms with Crippen molar-refractivity contribution in [1.82, 2.24) is 9.88 Å². The quantitative estimate of drug-likeness (QED) is 0.830. The van der Waals surface area contributed by atoms with Gasteiger partial charge in [0.15, 0.2) is 0 Å². The minimum atomic E-state index is -0.0813. The zero-order valence-electron chi connectivity index (χ0n) is 14.0. The minimum absolute atomic E-state index is 0. The van der Waals surface area contributed by atoms with Crippen LogP contribution in [0, 0.1) is 5.92 Å². The number of carbonyl (C=O) groups excluding carboxylic acids is 1. The van der Waals surface area contributed by atoms with E-state index in [1.54, 1.807) is 24.2 Å². The summed E-state index contributed by atoms with van der Waals surface area (Å²) in [5, 5.41) is 1.40. The number of nitrogens with two attached hydrogens (primary N) is 1. The molecule has 0 bridgehead atoms. The van der Waals surface area contributed by atoms with Gasteiger partial charge in [0.2, 0.25) is 0 Å². The molecule has 0 saturated carbocycles. The number of rotatable bonds is 5. The van der Waals surface area contributed by atoms with Crippen LogP contribution in [0.5, 0.6) is 0 Å². The second-order valence-corrected chi connectivity index (χ2v) is 6.39. The molecule has 0 aliphatic carbocycles. The largest absolute Gasteiger partial charge is 0.342 e. The van der Waals surface area contributed by atoms with E-state index in [0.717, 1.165) is 11.8 Å². The van der Waals surface area contributed by atoms with E-state index in [1.165, 1.54) is 0 Å². The molecule has 1 aromatic heterocycles. The molecule has 1 unspecified atom stereocenters. The van der Waals surface area contributed by atoms with Gasteiger partial charge < -0.3 is 10.6 Å². The molecule has 2 aromatic rings. The van der Waals surface area contributed by atoms with E-state index in [0.29, 0.717) is 28.6 Å². The molecule has 0 spiro atoms. The molecular weight excluding hydrogens is 369 g/mol. The Morgan fingerprint density at radius 3 is 2.62 bits per heavy atom. The van der Waals surface area contributed by atoms with Gasteiger partial charge in [-0.15, -0.1) is 24.8 Å². The maximum Gasteiger partial charge on any atom is 0.255 e. The molecule has 134 valence electrons. The Kier molecular flexibility index (Phi) is 9.59. The Hall–Kier alpha value is -1.07. The summed E-state index contributed by atoms with van der Waals surface area (Å²) in [6, 6.07) is 7.32. The van der Waals surface area contributed by atoms with Gasteiger partial charge in [-0.05, 0) is 30.5 Å². The lowest BCUT2D eigenvalue weighted by Gasteiger charge is -2.22. The van der Waals surface area contributed by atoms with E-state index < -0.39 is 0 Å². The topological polar surface area (TPSA) is 59.2 Å². The highest BCUT2D eigenvalue weighted by atomic mass is 35.5. The van der Waals surface area contributed by atoms with E-state index in [2.05, 4.69) is 18.8 Å². The van der Waals surface area contributed by atoms with Crippen molar-refractivity contribution in [2.45, 2.75) is 26.3 Å². The summed E-state index contributed by atoms with van der Waals surface area (Å²) >= 11 is 6.12. The predicted molar refractivity (Wildman–Crippen MR) is 106 cm³/mol. The number of nitrogens with zero attached hydrogens (tertiary/aromatic N) is 2. The van der Waals surface area contributed by atoms with Gasteiger partial charge in [0.1, 0.15) is 0 Å². The first-order chi connectivity index (χ1) is 10.4. The number of halogens is 3. The van der Waals surface area contributed by atoms with Crippen molar-refractivity contribution >= 4 is 53.2 Å². The number of carbonyl (C=O) groups is 1. The molecule has 0 fully saturated rings. The smallest absolute Gasteiger partial charge is 0.255 e. The summed E-state index contributed by atoms with van der Waals surface area (Å²) in [5.74, 6) is 0.319. The predicted octanol–water partition coefficient (Wildman–Crippen LogP) is 4.18. The molecule has 0 aliphatic heterocycles. The Bertz CT molecular complexity index is 679. The van der Waals surface area contributed by atoms with Crippen LogP contribution in [0.1, 0.15) is 30.6 Å². The Morgan fingerprint density at radius 2 is 2.00 bits per heavy atom. The summed E-state index contributed by atoms with van der Waals surface area (Å²) in [6.07, 6.45) is 2.45. The SMILES string of the molecule is CC(C)C(N)CCN(C)C(=O)c1cc(Cl)cc2cccnc12.Cl.Cl. The third-order valence-corrected chi connectivity index (χ3v) is 4.12. The maximum absolute atomic E-state index is 12.7. The Morgan fingerprint density at radius 1 is 1.33 bits per heavy atom. The number of pyridine rings is 1. The van der Waals surface area contributed by atoms with E-state index in [4.69, 9.17) is 17.3 Å². The summed E-state index contributed by atoms with van der Waals surface area (Å²) in [6.45, 7) is 4.78. The Balaban J connectivity index is 0.00000264. The fraction of sp³-hybridized carbons (Fsp3) is 0.412. The average Bonchev–Trinajstić information content (AvgIpc) is 2.50. The van der Waals surface area contributed by atoms with Crippen LogP contribution < -0.4 is 5.73 Å². The molecule has 2 N–H and O–H groups in total. The van der Waals surface area contributed by atoms with Gasteiger partial charge in [0.05, 0.1) is 11.1 Å². The normalized spacial score (nSPS) is 11.6. The molecule has 7 heteroatoms. The number of benzene rings is 1. The number of aromatic nitrogens is 1. The van der Waals surface area contributed by atoms with Crippen LogP contribution in [0.15, 0.2) is 30.5 Å². The standard InChI is InChI=1S/C17H22ClN3O.2ClH/c1-11(2)15(19)6-8-21(3)17(22)14-10-13(18)9-12-5-4-7-20-16(12)14;;/h4-5,7,9-11,15H,6,8,19H2,1-3H3;2*1H. The third-order valence-electron chi connectivity index (χ3n) is 3.90. The monoisotopic (exact) mass is 391 g/mol. The van der Waals surface area contributed by atoms with Crippen LogP contribution in [-0.2, 0) is 0 Å². The lowest BCUT2D eigenvalue weighted by atomic mass is 10.0. The molecule has 0 radical (unpaired) electrons. The van der Waals surface area contributed by atoms with Crippen LogP contribution in [-0.4, -0.2) is 35.4 Å². The molecular formula is C17H24Cl3N3O. The van der Waals surface area contributed by atoms with Gasteiger partial charge in [-0.1, -0.05) is 31.5 Å². The van der Waals surface area contributed by atoms with Crippen molar-refractivity contribution in [3.8, 4) is 0 Å². The fourth-order valence-corrected chi connectivity index (χ4v) is 2.53. The number of hydrogen-bond acceptors (Lipinski definition) is 3. The lowest BCUT2D eigenvalue weighted by molar-refractivity contribution is 0.0791. The van der Waals surface area contributed by atoms with Crippen molar-refractivity contribution in [2.24, 2.45) is 11.7 Å². The second-order valence-electron chi connectivity index (χ2n) is 5.95. The molecule has 1 amide bonds. The van der Waals surface area contributed by atoms with Crippen LogP contribution in [0.2, 0.25) is 5.02 Å². The zero-order valence-corrected chi connectivity index (χ0v) is 16.4. The van der Waals surface area contributed by atoms with Crippen LogP contribution >= 0.6 is 36.4 Å². The van der Waals surface area contributed by atoms with E-state index >= 15 is 0 Å². The first kappa shape index (κ1) is 22.9. The summed E-state index contributed by atoms with van der Waals surface area (Å²) in [5.41, 5.74) is 7.26. The first-order valence-electron chi connectivity index (χ1n) is 7.45. The fourth-order valence-electron chi connectivity index (χ4n) is 2.30. The Labute approximate surface area is 160 Å². The number of hydrogen-bond donors (Lipinski definition) is 1. The van der Waals surface area contributed by atoms with Gasteiger partial charge in [0.25, 0.3) is 5.91 Å². The second kappa shape index (κ2) is 10.0. The highest BCUT2D eigenvalue weighted by molar-refractivity contribution is 6.32. The van der Waals surface area contributed by atoms with Crippen LogP contribution in [0.25, 0.3) is 10.9 Å². The summed E-state index contributed by atoms with van der Waals surface area (Å²) in [7, 11) is 1.78. The van der Waals surface area contributed by atoms with Crippen molar-refractivity contribution in [1.29, 1.82) is 0 Å². The van der Waals surface area contributed by atoms with Crippen molar-refractivity contribution in [3.63, 3.8) is 0 Å². The molecule has 24 heavy (non-hydrogen) atoms. The van der Waals surface area contributed by atoms with E-state index in [9.17, 15) is 4.79 Å². The van der Waals surface area contributed by atoms with Crippen molar-refractivity contribution < 1.29 is 4.79 Å². The maximum atomic E-state index is 12.7. The minimum Gasteiger partial charge on any atom is -0.342 e. The van der Waals surface area contributed by atoms with E-state index in [1.807, 2.05) is 18.2 Å². The van der Waals surface area contributed by atoms with Crippen molar-refractivity contribution in [3.05, 3.63) is 41.0 Å². The molecule has 4 nitrogen and oxygen atoms in total. The van der Waals surface area contributed by atoms with Gasteiger partial charge >= 0.3 is 0 Å². The molecule has 2 rings (SSSR count). The van der Waals surface area contributed by atoms with Gasteiger partial charge in [-0.2, -0.15) is 0 Å². The highest BCUT2D eigenvalue weighted by Crippen LogP contribution is 2.23.